The number of para-hydroxylation sites is 1. The first-order valence-electron chi connectivity index (χ1n) is 30.0. The maximum atomic E-state index is 14.9. The first-order valence-corrected chi connectivity index (χ1v) is 30.0. The highest BCUT2D eigenvalue weighted by Crippen LogP contribution is 2.29. The van der Waals surface area contributed by atoms with Crippen LogP contribution in [0.2, 0.25) is 0 Å². The Balaban J connectivity index is 1.16. The number of aromatic nitrogens is 1. The molecule has 0 aliphatic carbocycles. The summed E-state index contributed by atoms with van der Waals surface area (Å²) in [6, 6.07) is 3.86. The van der Waals surface area contributed by atoms with Gasteiger partial charge in [-0.15, -0.1) is 0 Å². The number of aromatic amines is 1. The van der Waals surface area contributed by atoms with Crippen molar-refractivity contribution >= 4 is 70.9 Å². The molecule has 0 radical (unpaired) electrons. The zero-order chi connectivity index (χ0) is 65.9. The van der Waals surface area contributed by atoms with Crippen LogP contribution in [0.1, 0.15) is 124 Å². The summed E-state index contributed by atoms with van der Waals surface area (Å²) in [6.45, 7) is 6.43. The number of nitrogens with two attached hydrogens (primary N) is 3. The number of aliphatic hydroxyl groups excluding tert-OH is 1. The average molecular weight is 1250 g/mol. The minimum Gasteiger partial charge on any atom is -0.504 e. The van der Waals surface area contributed by atoms with E-state index < -0.39 is 150 Å². The Morgan fingerprint density at radius 3 is 1.72 bits per heavy atom. The number of rotatable bonds is 29. The van der Waals surface area contributed by atoms with Crippen molar-refractivity contribution in [2.24, 2.45) is 34.0 Å². The van der Waals surface area contributed by atoms with Gasteiger partial charge in [0.15, 0.2) is 23.6 Å². The number of aromatic hydroxyl groups is 2. The number of primary amides is 1. The molecular weight excluding hydrogens is 1170 g/mol. The zero-order valence-corrected chi connectivity index (χ0v) is 50.8. The van der Waals surface area contributed by atoms with Crippen LogP contribution in [0, 0.1) is 11.8 Å². The number of guanidine groups is 1. The summed E-state index contributed by atoms with van der Waals surface area (Å²) in [4.78, 5) is 176. The number of hydrogen-bond donors (Lipinski definition) is 14. The molecule has 3 aliphatic rings. The predicted octanol–water partition coefficient (Wildman–Crippen LogP) is -2.29. The molecule has 1 aromatic heterocycles. The third-order valence-electron chi connectivity index (χ3n) is 15.6. The number of pyridine rings is 1. The molecule has 3 fully saturated rings. The van der Waals surface area contributed by atoms with Gasteiger partial charge in [-0.05, 0) is 106 Å². The number of aliphatic hydroxyl groups is 1. The first kappa shape index (κ1) is 69.5. The Morgan fingerprint density at radius 1 is 0.589 bits per heavy atom. The van der Waals surface area contributed by atoms with Crippen LogP contribution in [0.5, 0.6) is 11.5 Å². The van der Waals surface area contributed by atoms with Crippen molar-refractivity contribution in [3.63, 3.8) is 0 Å². The van der Waals surface area contributed by atoms with Crippen LogP contribution in [0.4, 0.5) is 0 Å². The van der Waals surface area contributed by atoms with Gasteiger partial charge in [0.25, 0.3) is 23.3 Å². The molecule has 11 amide bonds. The van der Waals surface area contributed by atoms with Gasteiger partial charge in [0, 0.05) is 45.5 Å². The summed E-state index contributed by atoms with van der Waals surface area (Å²) in [6.07, 6.45) is 1.46. The van der Waals surface area contributed by atoms with Crippen LogP contribution in [0.25, 0.3) is 0 Å². The van der Waals surface area contributed by atoms with E-state index >= 15 is 0 Å². The number of likely N-dealkylation sites (tertiary alicyclic amines) is 3. The Hall–Kier alpha value is -9.61. The molecule has 2 aromatic carbocycles. The van der Waals surface area contributed by atoms with Crippen LogP contribution >= 0.6 is 0 Å². The van der Waals surface area contributed by atoms with Gasteiger partial charge in [-0.2, -0.15) is 0 Å². The number of carbonyl (C=O) groups excluding carboxylic acids is 11. The lowest BCUT2D eigenvalue weighted by Gasteiger charge is -2.34. The standard InChI is InChI=1S/C60H83N15O15/c1-32(2)28-38(69-53(84)41(31-67-56(87)46(77)34-14-6-5-7-15-34)72-52(83)37(18-10-24-65-60(62)63)68-51(82)36-17-9-23-64-50(36)81)58(89)75-27-13-21-44(75)59(90)74-26-12-20-43(74)54(85)70-39(29-33(3)4)57(88)73-25-11-19-42(73)55(86)71-40(48(61)79)30-66-49(80)35-16-8-22-45(76)47(35)78/h5-9,14-17,22-23,32-33,37-44,46,76-78H,10-13,18-21,24-31H2,1-4H3,(H2,61,79)(H,64,81)(H,66,80)(H,67,87)(H,68,82)(H,69,84)(H,70,85)(H,71,86)(H,72,83)(H4,62,63,65)/t37-,38-,39-,40-,41-,42-,43-,44-,46?/m0/s1. The van der Waals surface area contributed by atoms with Crippen LogP contribution in [-0.4, -0.2) is 194 Å². The van der Waals surface area contributed by atoms with Gasteiger partial charge in [-0.1, -0.05) is 64.1 Å². The van der Waals surface area contributed by atoms with Crippen LogP contribution < -0.4 is 60.0 Å². The summed E-state index contributed by atoms with van der Waals surface area (Å²) >= 11 is 0. The number of nitrogens with zero attached hydrogens (tertiary/aromatic N) is 4. The highest BCUT2D eigenvalue weighted by Gasteiger charge is 2.46. The van der Waals surface area contributed by atoms with E-state index in [9.17, 15) is 72.9 Å². The number of H-pyrrole nitrogens is 1. The Kier molecular flexibility index (Phi) is 25.1. The molecule has 3 saturated heterocycles. The van der Waals surface area contributed by atoms with Crippen LogP contribution in [0.15, 0.2) is 76.6 Å². The average Bonchev–Trinajstić information content (AvgIpc) is 1.78. The fourth-order valence-electron chi connectivity index (χ4n) is 11.1. The second-order valence-corrected chi connectivity index (χ2v) is 23.3. The number of aliphatic imine (C=N–C) groups is 1. The molecule has 0 spiro atoms. The summed E-state index contributed by atoms with van der Waals surface area (Å²) in [5.74, 6) is -10.8. The topological polar surface area (TPSA) is 466 Å². The fourth-order valence-corrected chi connectivity index (χ4v) is 11.1. The lowest BCUT2D eigenvalue weighted by Crippen LogP contribution is -2.61. The molecule has 3 aliphatic heterocycles. The number of hydrogen-bond acceptors (Lipinski definition) is 16. The van der Waals surface area contributed by atoms with E-state index in [1.807, 2.05) is 13.8 Å². The van der Waals surface area contributed by atoms with Crippen molar-refractivity contribution < 1.29 is 68.1 Å². The molecule has 0 bridgehead atoms. The summed E-state index contributed by atoms with van der Waals surface area (Å²) < 4.78 is 0. The number of phenols is 2. The molecule has 6 rings (SSSR count). The maximum Gasteiger partial charge on any atom is 0.260 e. The fraction of sp³-hybridized carbons (Fsp3) is 0.517. The Bertz CT molecular complexity index is 3190. The molecule has 30 heteroatoms. The van der Waals surface area contributed by atoms with E-state index in [1.54, 1.807) is 32.0 Å². The van der Waals surface area contributed by atoms with Gasteiger partial charge in [0.2, 0.25) is 47.3 Å². The van der Waals surface area contributed by atoms with Crippen molar-refractivity contribution in [1.29, 1.82) is 0 Å². The first-order chi connectivity index (χ1) is 42.8. The lowest BCUT2D eigenvalue weighted by atomic mass is 10.0. The van der Waals surface area contributed by atoms with E-state index in [4.69, 9.17) is 17.2 Å². The number of amides is 11. The van der Waals surface area contributed by atoms with Crippen molar-refractivity contribution in [3.05, 3.63) is 93.9 Å². The van der Waals surface area contributed by atoms with Crippen LogP contribution in [-0.2, 0) is 43.2 Å². The molecule has 30 nitrogen and oxygen atoms in total. The zero-order valence-electron chi connectivity index (χ0n) is 50.8. The highest BCUT2D eigenvalue weighted by molar-refractivity contribution is 6.01. The number of nitrogens with one attached hydrogen (secondary N) is 8. The quantitative estimate of drug-likeness (QED) is 0.0151. The van der Waals surface area contributed by atoms with E-state index in [0.717, 1.165) is 6.07 Å². The molecule has 17 N–H and O–H groups in total. The largest absolute Gasteiger partial charge is 0.504 e. The van der Waals surface area contributed by atoms with Gasteiger partial charge in [0.1, 0.15) is 53.9 Å². The highest BCUT2D eigenvalue weighted by atomic mass is 16.3. The normalized spacial score (nSPS) is 18.3. The molecular formula is C60H83N15O15. The monoisotopic (exact) mass is 1250 g/mol. The predicted molar refractivity (Wildman–Crippen MR) is 325 cm³/mol. The Morgan fingerprint density at radius 2 is 1.12 bits per heavy atom. The minimum absolute atomic E-state index is 0.0218. The molecule has 9 atom stereocenters. The summed E-state index contributed by atoms with van der Waals surface area (Å²) in [5, 5.41) is 48.9. The molecule has 3 aromatic rings. The second-order valence-electron chi connectivity index (χ2n) is 23.3. The minimum atomic E-state index is -1.70. The number of phenolic OH excluding ortho intramolecular Hbond substituents is 2. The van der Waals surface area contributed by atoms with E-state index in [0.29, 0.717) is 19.3 Å². The van der Waals surface area contributed by atoms with Crippen LogP contribution in [0.3, 0.4) is 0 Å². The maximum absolute atomic E-state index is 14.9. The number of carbonyl (C=O) groups is 11. The second kappa shape index (κ2) is 32.6. The van der Waals surface area contributed by atoms with Gasteiger partial charge in [0.05, 0.1) is 5.56 Å². The van der Waals surface area contributed by atoms with Gasteiger partial charge < -0.3 is 89.4 Å². The molecule has 0 saturated carbocycles. The van der Waals surface area contributed by atoms with E-state index in [1.165, 1.54) is 57.3 Å². The van der Waals surface area contributed by atoms with Gasteiger partial charge in [-0.25, -0.2) is 0 Å². The lowest BCUT2D eigenvalue weighted by molar-refractivity contribution is -0.149. The smallest absolute Gasteiger partial charge is 0.260 e. The van der Waals surface area contributed by atoms with Crippen molar-refractivity contribution in [3.8, 4) is 11.5 Å². The van der Waals surface area contributed by atoms with Gasteiger partial charge in [-0.3, -0.25) is 62.5 Å². The molecule has 488 valence electrons. The number of benzene rings is 2. The SMILES string of the molecule is CC(C)C[C@H](NC(=O)[C@@H]1CCCN1C(=O)[C@@H]1CCCN1C(=O)[C@H](CC(C)C)NC(=O)[C@H](CNC(=O)C(O)c1ccccc1)NC(=O)[C@H](CCCN=C(N)N)NC(=O)c1ccc[nH]c1=O)C(=O)N1CCC[C@H]1C(=O)N[C@@H](CNC(=O)c1cccc(O)c1O)C(N)=O. The summed E-state index contributed by atoms with van der Waals surface area (Å²) in [5.41, 5.74) is 15.4. The van der Waals surface area contributed by atoms with Crippen molar-refractivity contribution in [2.75, 3.05) is 39.3 Å². The third kappa shape index (κ3) is 18.7. The van der Waals surface area contributed by atoms with Gasteiger partial charge >= 0.3 is 0 Å². The van der Waals surface area contributed by atoms with E-state index in [2.05, 4.69) is 47.2 Å². The third-order valence-corrected chi connectivity index (χ3v) is 15.6. The van der Waals surface area contributed by atoms with Crippen molar-refractivity contribution in [2.45, 2.75) is 146 Å². The van der Waals surface area contributed by atoms with E-state index in [-0.39, 0.29) is 106 Å². The van der Waals surface area contributed by atoms with Crippen molar-refractivity contribution in [1.82, 2.24) is 56.9 Å². The summed E-state index contributed by atoms with van der Waals surface area (Å²) in [7, 11) is 0. The molecule has 90 heavy (non-hydrogen) atoms. The molecule has 1 unspecified atom stereocenters. The molecule has 4 heterocycles. The Labute approximate surface area is 519 Å².